The maximum absolute atomic E-state index is 13.1. The van der Waals surface area contributed by atoms with Crippen molar-refractivity contribution in [3.63, 3.8) is 0 Å². The van der Waals surface area contributed by atoms with Gasteiger partial charge in [-0.2, -0.15) is 0 Å². The smallest absolute Gasteiger partial charge is 0.238 e. The summed E-state index contributed by atoms with van der Waals surface area (Å²) in [6.07, 6.45) is 1.62. The van der Waals surface area contributed by atoms with Crippen LogP contribution in [0.2, 0.25) is 5.02 Å². The van der Waals surface area contributed by atoms with Gasteiger partial charge in [-0.1, -0.05) is 23.7 Å². The van der Waals surface area contributed by atoms with E-state index in [4.69, 9.17) is 11.6 Å². The fourth-order valence-corrected chi connectivity index (χ4v) is 5.09. The normalized spacial score (nSPS) is 17.8. The van der Waals surface area contributed by atoms with Crippen LogP contribution in [-0.2, 0) is 9.59 Å². The quantitative estimate of drug-likeness (QED) is 0.721. The Hall–Kier alpha value is -2.57. The van der Waals surface area contributed by atoms with Crippen LogP contribution < -0.4 is 10.2 Å². The summed E-state index contributed by atoms with van der Waals surface area (Å²) in [5.74, 6) is 0.323. The van der Waals surface area contributed by atoms with Gasteiger partial charge in [0.25, 0.3) is 0 Å². The summed E-state index contributed by atoms with van der Waals surface area (Å²) >= 11 is 6.12. The number of rotatable bonds is 5. The molecule has 7 heteroatoms. The van der Waals surface area contributed by atoms with Crippen LogP contribution in [0.1, 0.15) is 24.0 Å². The summed E-state index contributed by atoms with van der Waals surface area (Å²) in [4.78, 5) is 32.0. The van der Waals surface area contributed by atoms with E-state index in [0.29, 0.717) is 6.54 Å². The van der Waals surface area contributed by atoms with Crippen molar-refractivity contribution in [2.75, 3.05) is 56.0 Å². The predicted molar refractivity (Wildman–Crippen MR) is 134 cm³/mol. The molecule has 0 aromatic heterocycles. The number of hydrogen-bond donors (Lipinski definition) is 1. The molecule has 0 atom stereocenters. The van der Waals surface area contributed by atoms with Crippen molar-refractivity contribution in [3.05, 3.63) is 58.6 Å². The average Bonchev–Trinajstić information content (AvgIpc) is 2.78. The van der Waals surface area contributed by atoms with Crippen LogP contribution in [0.4, 0.5) is 11.4 Å². The third-order valence-electron chi connectivity index (χ3n) is 6.57. The maximum Gasteiger partial charge on any atom is 0.238 e. The number of nitrogens with one attached hydrogen (secondary N) is 1. The lowest BCUT2D eigenvalue weighted by Gasteiger charge is -2.39. The first-order chi connectivity index (χ1) is 15.9. The minimum atomic E-state index is 0.00177. The number of carbonyl (C=O) groups is 2. The number of anilines is 2. The van der Waals surface area contributed by atoms with Gasteiger partial charge >= 0.3 is 0 Å². The van der Waals surface area contributed by atoms with Gasteiger partial charge in [0.2, 0.25) is 11.8 Å². The lowest BCUT2D eigenvalue weighted by atomic mass is 9.95. The Balaban J connectivity index is 1.21. The van der Waals surface area contributed by atoms with Crippen molar-refractivity contribution in [2.45, 2.75) is 26.7 Å². The number of piperazine rings is 1. The van der Waals surface area contributed by atoms with Crippen LogP contribution in [0.3, 0.4) is 0 Å². The molecule has 0 radical (unpaired) electrons. The average molecular weight is 469 g/mol. The first kappa shape index (κ1) is 23.6. The van der Waals surface area contributed by atoms with Gasteiger partial charge in [-0.25, -0.2) is 0 Å². The Bertz CT molecular complexity index is 975. The Morgan fingerprint density at radius 3 is 2.24 bits per heavy atom. The van der Waals surface area contributed by atoms with Gasteiger partial charge in [0.1, 0.15) is 0 Å². The summed E-state index contributed by atoms with van der Waals surface area (Å²) in [5, 5.41) is 3.75. The van der Waals surface area contributed by atoms with Crippen LogP contribution in [0.15, 0.2) is 42.5 Å². The van der Waals surface area contributed by atoms with Crippen molar-refractivity contribution in [3.8, 4) is 0 Å². The zero-order valence-electron chi connectivity index (χ0n) is 19.5. The SMILES string of the molecule is Cc1cc(C)cc(NC(=O)CN2CCC(C(=O)N3CCN(c4cccc(Cl)c4)CC3)CC2)c1. The number of carbonyl (C=O) groups excluding carboxylic acids is 2. The minimum Gasteiger partial charge on any atom is -0.368 e. The highest BCUT2D eigenvalue weighted by Crippen LogP contribution is 2.24. The molecular formula is C26H33ClN4O2. The molecule has 6 nitrogen and oxygen atoms in total. The largest absolute Gasteiger partial charge is 0.368 e. The molecular weight excluding hydrogens is 436 g/mol. The second kappa shape index (κ2) is 10.6. The lowest BCUT2D eigenvalue weighted by molar-refractivity contribution is -0.137. The zero-order chi connectivity index (χ0) is 23.4. The van der Waals surface area contributed by atoms with Crippen molar-refractivity contribution < 1.29 is 9.59 Å². The van der Waals surface area contributed by atoms with Gasteiger partial charge in [-0.3, -0.25) is 14.5 Å². The molecule has 2 aliphatic heterocycles. The fourth-order valence-electron chi connectivity index (χ4n) is 4.90. The van der Waals surface area contributed by atoms with Gasteiger partial charge < -0.3 is 15.1 Å². The monoisotopic (exact) mass is 468 g/mol. The highest BCUT2D eigenvalue weighted by Gasteiger charge is 2.31. The van der Waals surface area contributed by atoms with Crippen molar-refractivity contribution in [2.24, 2.45) is 5.92 Å². The molecule has 2 amide bonds. The van der Waals surface area contributed by atoms with Crippen LogP contribution in [0.5, 0.6) is 0 Å². The Morgan fingerprint density at radius 1 is 0.939 bits per heavy atom. The molecule has 2 heterocycles. The van der Waals surface area contributed by atoms with Crippen molar-refractivity contribution in [1.82, 2.24) is 9.80 Å². The molecule has 1 N–H and O–H groups in total. The molecule has 2 saturated heterocycles. The molecule has 33 heavy (non-hydrogen) atoms. The molecule has 0 spiro atoms. The second-order valence-electron chi connectivity index (χ2n) is 9.27. The Kier molecular flexibility index (Phi) is 7.56. The molecule has 176 valence electrons. The summed E-state index contributed by atoms with van der Waals surface area (Å²) in [6, 6.07) is 14.0. The van der Waals surface area contributed by atoms with E-state index in [1.807, 2.05) is 49.1 Å². The minimum absolute atomic E-state index is 0.00177. The molecule has 0 unspecified atom stereocenters. The number of amides is 2. The molecule has 0 bridgehead atoms. The Labute approximate surface area is 201 Å². The van der Waals surface area contributed by atoms with Crippen molar-refractivity contribution >= 4 is 34.8 Å². The number of piperidine rings is 1. The van der Waals surface area contributed by atoms with E-state index in [1.54, 1.807) is 0 Å². The number of benzene rings is 2. The number of halogens is 1. The van der Waals surface area contributed by atoms with E-state index < -0.39 is 0 Å². The second-order valence-corrected chi connectivity index (χ2v) is 9.70. The molecule has 0 aliphatic carbocycles. The summed E-state index contributed by atoms with van der Waals surface area (Å²) in [6.45, 7) is 9.11. The molecule has 2 aliphatic rings. The van der Waals surface area contributed by atoms with Gasteiger partial charge in [0.05, 0.1) is 6.54 Å². The van der Waals surface area contributed by atoms with Crippen LogP contribution in [-0.4, -0.2) is 67.4 Å². The highest BCUT2D eigenvalue weighted by molar-refractivity contribution is 6.30. The number of nitrogens with zero attached hydrogens (tertiary/aromatic N) is 3. The van der Waals surface area contributed by atoms with E-state index in [-0.39, 0.29) is 17.7 Å². The molecule has 2 aromatic carbocycles. The van der Waals surface area contributed by atoms with E-state index in [2.05, 4.69) is 27.2 Å². The zero-order valence-corrected chi connectivity index (χ0v) is 20.3. The topological polar surface area (TPSA) is 55.9 Å². The third kappa shape index (κ3) is 6.27. The first-order valence-corrected chi connectivity index (χ1v) is 12.1. The van der Waals surface area contributed by atoms with E-state index in [1.165, 1.54) is 0 Å². The number of likely N-dealkylation sites (tertiary alicyclic amines) is 1. The Morgan fingerprint density at radius 2 is 1.61 bits per heavy atom. The van der Waals surface area contributed by atoms with E-state index >= 15 is 0 Å². The van der Waals surface area contributed by atoms with E-state index in [0.717, 1.165) is 79.6 Å². The standard InChI is InChI=1S/C26H33ClN4O2/c1-19-14-20(2)16-23(15-19)28-25(32)18-29-8-6-21(7-9-29)26(33)31-12-10-30(11-13-31)24-5-3-4-22(27)17-24/h3-5,14-17,21H,6-13,18H2,1-2H3,(H,28,32). The summed E-state index contributed by atoms with van der Waals surface area (Å²) < 4.78 is 0. The van der Waals surface area contributed by atoms with Gasteiger partial charge in [0.15, 0.2) is 0 Å². The van der Waals surface area contributed by atoms with Gasteiger partial charge in [-0.05, 0) is 81.2 Å². The summed E-state index contributed by atoms with van der Waals surface area (Å²) in [7, 11) is 0. The van der Waals surface area contributed by atoms with Gasteiger partial charge in [0, 0.05) is 48.5 Å². The fraction of sp³-hybridized carbons (Fsp3) is 0.462. The lowest BCUT2D eigenvalue weighted by Crippen LogP contribution is -2.52. The van der Waals surface area contributed by atoms with Crippen molar-refractivity contribution in [1.29, 1.82) is 0 Å². The van der Waals surface area contributed by atoms with Gasteiger partial charge in [-0.15, -0.1) is 0 Å². The molecule has 4 rings (SSSR count). The van der Waals surface area contributed by atoms with Crippen LogP contribution in [0.25, 0.3) is 0 Å². The molecule has 2 aromatic rings. The third-order valence-corrected chi connectivity index (χ3v) is 6.81. The van der Waals surface area contributed by atoms with Crippen LogP contribution >= 0.6 is 11.6 Å². The predicted octanol–water partition coefficient (Wildman–Crippen LogP) is 3.96. The number of hydrogen-bond acceptors (Lipinski definition) is 4. The van der Waals surface area contributed by atoms with E-state index in [9.17, 15) is 9.59 Å². The van der Waals surface area contributed by atoms with Crippen LogP contribution in [0, 0.1) is 19.8 Å². The first-order valence-electron chi connectivity index (χ1n) is 11.8. The highest BCUT2D eigenvalue weighted by atomic mass is 35.5. The number of aryl methyl sites for hydroxylation is 2. The maximum atomic E-state index is 13.1. The summed E-state index contributed by atoms with van der Waals surface area (Å²) in [5.41, 5.74) is 4.23. The molecule has 0 saturated carbocycles. The molecule has 2 fully saturated rings.